The van der Waals surface area contributed by atoms with E-state index >= 15 is 0 Å². The van der Waals surface area contributed by atoms with E-state index in [0.29, 0.717) is 0 Å². The van der Waals surface area contributed by atoms with Crippen LogP contribution in [-0.2, 0) is 0 Å². The number of rotatable bonds is 24. The molecule has 2 unspecified atom stereocenters. The van der Waals surface area contributed by atoms with Crippen LogP contribution in [0, 0.1) is 82.9 Å². The highest BCUT2D eigenvalue weighted by Crippen LogP contribution is 2.31. The van der Waals surface area contributed by atoms with Crippen molar-refractivity contribution < 1.29 is 0 Å². The van der Waals surface area contributed by atoms with E-state index in [1.807, 2.05) is 0 Å². The summed E-state index contributed by atoms with van der Waals surface area (Å²) in [5.41, 5.74) is 0. The summed E-state index contributed by atoms with van der Waals surface area (Å²) in [7, 11) is 0. The molecule has 0 N–H and O–H groups in total. The van der Waals surface area contributed by atoms with E-state index in [0.717, 1.165) is 82.9 Å². The lowest BCUT2D eigenvalue weighted by molar-refractivity contribution is 0.267. The van der Waals surface area contributed by atoms with E-state index in [-0.39, 0.29) is 0 Å². The molecule has 0 amide bonds. The molecule has 0 radical (unpaired) electrons. The van der Waals surface area contributed by atoms with Gasteiger partial charge in [0.1, 0.15) is 0 Å². The van der Waals surface area contributed by atoms with Gasteiger partial charge in [-0.1, -0.05) is 125 Å². The van der Waals surface area contributed by atoms with Crippen molar-refractivity contribution in [1.29, 1.82) is 0 Å². The van der Waals surface area contributed by atoms with Crippen molar-refractivity contribution in [3.63, 3.8) is 0 Å². The van der Waals surface area contributed by atoms with Crippen molar-refractivity contribution in [2.75, 3.05) is 0 Å². The first-order valence-corrected chi connectivity index (χ1v) is 20.2. The highest BCUT2D eigenvalue weighted by atomic mass is 14.2. The Bertz CT molecular complexity index is 508. The molecule has 268 valence electrons. The van der Waals surface area contributed by atoms with Crippen LogP contribution >= 0.6 is 0 Å². The highest BCUT2D eigenvalue weighted by molar-refractivity contribution is 4.70. The molecule has 0 saturated carbocycles. The molecule has 0 aliphatic rings. The summed E-state index contributed by atoms with van der Waals surface area (Å²) in [4.78, 5) is 0. The quantitative estimate of drug-likeness (QED) is 0.101. The average Bonchev–Trinajstić information content (AvgIpc) is 2.75. The lowest BCUT2D eigenvalue weighted by atomic mass is 9.81. The molecule has 44 heavy (non-hydrogen) atoms. The zero-order valence-corrected chi connectivity index (χ0v) is 34.6. The molecule has 0 rings (SSSR count). The van der Waals surface area contributed by atoms with Gasteiger partial charge in [-0.25, -0.2) is 0 Å². The van der Waals surface area contributed by atoms with Crippen LogP contribution in [0.5, 0.6) is 0 Å². The van der Waals surface area contributed by atoms with Crippen LogP contribution in [-0.4, -0.2) is 0 Å². The molecule has 0 aliphatic carbocycles. The van der Waals surface area contributed by atoms with Crippen LogP contribution in [0.25, 0.3) is 0 Å². The zero-order valence-electron chi connectivity index (χ0n) is 34.6. The van der Waals surface area contributed by atoms with Gasteiger partial charge >= 0.3 is 0 Å². The third-order valence-electron chi connectivity index (χ3n) is 9.93. The van der Waals surface area contributed by atoms with E-state index in [1.165, 1.54) is 77.0 Å². The van der Waals surface area contributed by atoms with Crippen molar-refractivity contribution in [1.82, 2.24) is 0 Å². The van der Waals surface area contributed by atoms with Gasteiger partial charge in [0.2, 0.25) is 0 Å². The Morgan fingerprint density at radius 3 is 0.341 bits per heavy atom. The van der Waals surface area contributed by atoms with Crippen LogP contribution in [0.3, 0.4) is 0 Å². The Hall–Kier alpha value is 0. The maximum Gasteiger partial charge on any atom is -0.0438 e. The lowest BCUT2D eigenvalue weighted by Crippen LogP contribution is -2.13. The fourth-order valence-electron chi connectivity index (χ4n) is 9.68. The molecular weight excluding hydrogens is 528 g/mol. The fraction of sp³-hybridized carbons (Fsp3) is 1.00. The summed E-state index contributed by atoms with van der Waals surface area (Å²) in [6.45, 7) is 43.4. The maximum absolute atomic E-state index is 2.48. The Morgan fingerprint density at radius 1 is 0.159 bits per heavy atom. The van der Waals surface area contributed by atoms with Crippen molar-refractivity contribution >= 4 is 0 Å². The van der Waals surface area contributed by atoms with Crippen molar-refractivity contribution in [2.45, 2.75) is 202 Å². The van der Waals surface area contributed by atoms with Gasteiger partial charge in [0, 0.05) is 0 Å². The van der Waals surface area contributed by atoms with Crippen LogP contribution < -0.4 is 0 Å². The van der Waals surface area contributed by atoms with Crippen LogP contribution in [0.1, 0.15) is 202 Å². The molecule has 0 nitrogen and oxygen atoms in total. The first kappa shape index (κ1) is 46.1. The zero-order chi connectivity index (χ0) is 34.6. The normalized spacial score (nSPS) is 19.2. The first-order valence-electron chi connectivity index (χ1n) is 20.2. The molecule has 0 saturated heterocycles. The molecule has 10 atom stereocenters. The van der Waals surface area contributed by atoms with Crippen molar-refractivity contribution in [2.24, 2.45) is 82.9 Å². The number of hydrogen-bond donors (Lipinski definition) is 0. The molecule has 0 aromatic rings. The van der Waals surface area contributed by atoms with E-state index in [1.54, 1.807) is 0 Å². The molecular formula is C44H92. The second-order valence-electron chi connectivity index (χ2n) is 19.5. The van der Waals surface area contributed by atoms with Gasteiger partial charge in [-0.15, -0.1) is 0 Å². The minimum atomic E-state index is 0.849. The maximum atomic E-state index is 2.48. The summed E-state index contributed by atoms with van der Waals surface area (Å²) >= 11 is 0. The predicted octanol–water partition coefficient (Wildman–Crippen LogP) is 15.6. The van der Waals surface area contributed by atoms with E-state index in [2.05, 4.69) is 125 Å². The van der Waals surface area contributed by atoms with Gasteiger partial charge in [0.05, 0.1) is 0 Å². The SMILES string of the molecule is CC(C)C[C@@H](C)C[C@@H](C)CC(C)C[C@@H](C)C[C@@H](C)CC(C)C.CC(C)C[C@@H](C)C[C@H](C)CC(C)C[C@H](C)C[C@@H](C)CC(C)C. The van der Waals surface area contributed by atoms with E-state index in [4.69, 9.17) is 0 Å². The summed E-state index contributed by atoms with van der Waals surface area (Å²) in [6.07, 6.45) is 16.9. The third kappa shape index (κ3) is 30.6. The van der Waals surface area contributed by atoms with Crippen LogP contribution in [0.4, 0.5) is 0 Å². The topological polar surface area (TPSA) is 0 Å². The van der Waals surface area contributed by atoms with Crippen molar-refractivity contribution in [3.8, 4) is 0 Å². The molecule has 0 fully saturated rings. The van der Waals surface area contributed by atoms with Gasteiger partial charge in [0.25, 0.3) is 0 Å². The van der Waals surface area contributed by atoms with Crippen molar-refractivity contribution in [3.05, 3.63) is 0 Å². The Balaban J connectivity index is 0. The molecule has 0 spiro atoms. The second kappa shape index (κ2) is 26.0. The molecule has 0 heterocycles. The van der Waals surface area contributed by atoms with Gasteiger partial charge in [-0.05, 0) is 160 Å². The Kier molecular flexibility index (Phi) is 27.3. The number of hydrogen-bond acceptors (Lipinski definition) is 0. The molecule has 0 heteroatoms. The smallest absolute Gasteiger partial charge is 0.0438 e. The first-order chi connectivity index (χ1) is 20.2. The third-order valence-corrected chi connectivity index (χ3v) is 9.93. The molecule has 0 aliphatic heterocycles. The largest absolute Gasteiger partial charge is 0.0628 e. The summed E-state index contributed by atoms with van der Waals surface area (Å²) in [5.74, 6) is 12.3. The Morgan fingerprint density at radius 2 is 0.250 bits per heavy atom. The standard InChI is InChI=1S/2C22H46/c2*1-16(2)10-18(5)12-20(7)14-22(9)15-21(8)13-19(6)11-17(3)4/h2*16-22H,10-15H2,1-9H3/t18-,19+,20+,21-,22?;18-,19+,20-,21+,22?. The summed E-state index contributed by atoms with van der Waals surface area (Å²) < 4.78 is 0. The average molecular weight is 621 g/mol. The van der Waals surface area contributed by atoms with E-state index in [9.17, 15) is 0 Å². The van der Waals surface area contributed by atoms with Crippen LogP contribution in [0.15, 0.2) is 0 Å². The van der Waals surface area contributed by atoms with E-state index < -0.39 is 0 Å². The molecule has 0 bridgehead atoms. The van der Waals surface area contributed by atoms with Crippen LogP contribution in [0.2, 0.25) is 0 Å². The van der Waals surface area contributed by atoms with Gasteiger partial charge in [0.15, 0.2) is 0 Å². The fourth-order valence-corrected chi connectivity index (χ4v) is 9.68. The highest BCUT2D eigenvalue weighted by Gasteiger charge is 2.19. The van der Waals surface area contributed by atoms with Gasteiger partial charge in [-0.2, -0.15) is 0 Å². The summed E-state index contributed by atoms with van der Waals surface area (Å²) in [5, 5.41) is 0. The lowest BCUT2D eigenvalue weighted by Gasteiger charge is -2.25. The monoisotopic (exact) mass is 621 g/mol. The minimum Gasteiger partial charge on any atom is -0.0628 e. The molecule has 0 aromatic carbocycles. The molecule has 0 aromatic heterocycles. The second-order valence-corrected chi connectivity index (χ2v) is 19.5. The predicted molar refractivity (Wildman–Crippen MR) is 206 cm³/mol. The van der Waals surface area contributed by atoms with Gasteiger partial charge < -0.3 is 0 Å². The summed E-state index contributed by atoms with van der Waals surface area (Å²) in [6, 6.07) is 0. The Labute approximate surface area is 283 Å². The van der Waals surface area contributed by atoms with Gasteiger partial charge in [-0.3, -0.25) is 0 Å². The minimum absolute atomic E-state index is 0.849.